The molecule has 0 saturated carbocycles. The number of rotatable bonds is 7. The number of nitrogens with one attached hydrogen (secondary N) is 1. The van der Waals surface area contributed by atoms with Crippen molar-refractivity contribution in [1.29, 1.82) is 0 Å². The number of Topliss-reactive ketones (excluding diaryl/α,β-unsaturated/α-hetero) is 1. The maximum absolute atomic E-state index is 12.0. The van der Waals surface area contributed by atoms with Crippen molar-refractivity contribution in [3.05, 3.63) is 24.0 Å². The molecule has 1 aromatic rings. The molecule has 2 heterocycles. The summed E-state index contributed by atoms with van der Waals surface area (Å²) in [5.41, 5.74) is 0.151. The van der Waals surface area contributed by atoms with Crippen molar-refractivity contribution in [2.75, 3.05) is 26.3 Å². The second-order valence-electron chi connectivity index (χ2n) is 7.61. The largest absolute Gasteiger partial charge is 0.444 e. The fraction of sp³-hybridized carbons (Fsp3) is 0.684. The molecule has 1 N–H and O–H groups in total. The van der Waals surface area contributed by atoms with Crippen molar-refractivity contribution in [1.82, 2.24) is 9.88 Å². The number of aromatic nitrogens is 1. The fourth-order valence-corrected chi connectivity index (χ4v) is 2.95. The molecule has 6 nitrogen and oxygen atoms in total. The summed E-state index contributed by atoms with van der Waals surface area (Å²) in [6.45, 7) is 7.89. The van der Waals surface area contributed by atoms with Gasteiger partial charge >= 0.3 is 6.09 Å². The van der Waals surface area contributed by atoms with Crippen molar-refractivity contribution in [3.8, 4) is 0 Å². The molecule has 1 saturated heterocycles. The average molecular weight is 350 g/mol. The lowest BCUT2D eigenvalue weighted by atomic mass is 9.92. The number of ether oxygens (including phenoxy) is 2. The lowest BCUT2D eigenvalue weighted by Gasteiger charge is -2.33. The van der Waals surface area contributed by atoms with Crippen LogP contribution in [0.3, 0.4) is 0 Å². The van der Waals surface area contributed by atoms with Crippen LogP contribution in [0.2, 0.25) is 0 Å². The van der Waals surface area contributed by atoms with E-state index in [-0.39, 0.29) is 18.5 Å². The van der Waals surface area contributed by atoms with Crippen LogP contribution < -0.4 is 0 Å². The number of hydrogen-bond acceptors (Lipinski definition) is 4. The number of carbonyl (C=O) groups is 2. The number of carbonyl (C=O) groups excluding carboxylic acids is 2. The van der Waals surface area contributed by atoms with Crippen molar-refractivity contribution < 1.29 is 19.1 Å². The Labute approximate surface area is 149 Å². The van der Waals surface area contributed by atoms with Gasteiger partial charge in [0.25, 0.3) is 0 Å². The van der Waals surface area contributed by atoms with Crippen LogP contribution in [0.15, 0.2) is 18.3 Å². The van der Waals surface area contributed by atoms with Crippen LogP contribution >= 0.6 is 0 Å². The number of ketones is 1. The predicted molar refractivity (Wildman–Crippen MR) is 95.7 cm³/mol. The van der Waals surface area contributed by atoms with Crippen molar-refractivity contribution in [2.24, 2.45) is 5.92 Å². The molecule has 2 rings (SSSR count). The quantitative estimate of drug-likeness (QED) is 0.602. The molecular formula is C19H30N2O4. The molecule has 0 radical (unpaired) electrons. The topological polar surface area (TPSA) is 71.6 Å². The van der Waals surface area contributed by atoms with E-state index in [0.717, 1.165) is 38.8 Å². The molecule has 0 aromatic carbocycles. The highest BCUT2D eigenvalue weighted by Crippen LogP contribution is 2.23. The smallest absolute Gasteiger partial charge is 0.410 e. The summed E-state index contributed by atoms with van der Waals surface area (Å²) in [7, 11) is 0. The molecule has 0 bridgehead atoms. The van der Waals surface area contributed by atoms with Gasteiger partial charge in [-0.3, -0.25) is 4.79 Å². The Morgan fingerprint density at radius 3 is 2.60 bits per heavy atom. The Kier molecular flexibility index (Phi) is 7.05. The SMILES string of the molecule is CC(C)(C)OC(=O)N1CCC(CCCOCC(=O)c2ccc[nH]2)CC1. The number of H-pyrrole nitrogens is 1. The van der Waals surface area contributed by atoms with E-state index >= 15 is 0 Å². The van der Waals surface area contributed by atoms with Crippen molar-refractivity contribution in [3.63, 3.8) is 0 Å². The zero-order chi connectivity index (χ0) is 18.3. The maximum Gasteiger partial charge on any atom is 0.410 e. The zero-order valence-corrected chi connectivity index (χ0v) is 15.5. The number of piperidine rings is 1. The van der Waals surface area contributed by atoms with E-state index in [1.165, 1.54) is 0 Å². The third kappa shape index (κ3) is 6.90. The third-order valence-electron chi connectivity index (χ3n) is 4.30. The predicted octanol–water partition coefficient (Wildman–Crippen LogP) is 3.64. The normalized spacial score (nSPS) is 16.0. The molecular weight excluding hydrogens is 320 g/mol. The lowest BCUT2D eigenvalue weighted by molar-refractivity contribution is 0.0177. The molecule has 6 heteroatoms. The van der Waals surface area contributed by atoms with Crippen LogP contribution in [0, 0.1) is 5.92 Å². The van der Waals surface area contributed by atoms with Gasteiger partial charge in [0.05, 0.1) is 5.69 Å². The highest BCUT2D eigenvalue weighted by molar-refractivity contribution is 5.95. The molecule has 0 spiro atoms. The highest BCUT2D eigenvalue weighted by atomic mass is 16.6. The minimum atomic E-state index is -0.442. The van der Waals surface area contributed by atoms with Gasteiger partial charge in [0.2, 0.25) is 5.78 Å². The van der Waals surface area contributed by atoms with Gasteiger partial charge in [-0.25, -0.2) is 4.79 Å². The Balaban J connectivity index is 1.55. The first kappa shape index (κ1) is 19.5. The van der Waals surface area contributed by atoms with Gasteiger partial charge in [-0.05, 0) is 64.5 Å². The van der Waals surface area contributed by atoms with Crippen LogP contribution in [-0.4, -0.2) is 53.7 Å². The second kappa shape index (κ2) is 9.04. The molecule has 1 aliphatic rings. The molecule has 1 fully saturated rings. The maximum atomic E-state index is 12.0. The molecule has 0 atom stereocenters. The summed E-state index contributed by atoms with van der Waals surface area (Å²) in [5.74, 6) is 0.595. The van der Waals surface area contributed by atoms with E-state index < -0.39 is 5.60 Å². The number of amides is 1. The Hall–Kier alpha value is -1.82. The Morgan fingerprint density at radius 1 is 1.28 bits per heavy atom. The highest BCUT2D eigenvalue weighted by Gasteiger charge is 2.26. The first-order valence-electron chi connectivity index (χ1n) is 9.07. The monoisotopic (exact) mass is 350 g/mol. The van der Waals surface area contributed by atoms with Gasteiger partial charge < -0.3 is 19.4 Å². The summed E-state index contributed by atoms with van der Waals surface area (Å²) < 4.78 is 10.9. The molecule has 1 aromatic heterocycles. The summed E-state index contributed by atoms with van der Waals surface area (Å²) in [4.78, 5) is 28.5. The Morgan fingerprint density at radius 2 is 2.00 bits per heavy atom. The number of nitrogens with zero attached hydrogens (tertiary/aromatic N) is 1. The van der Waals surface area contributed by atoms with E-state index in [4.69, 9.17) is 9.47 Å². The molecule has 1 amide bonds. The van der Waals surface area contributed by atoms with Crippen LogP contribution in [0.1, 0.15) is 56.9 Å². The zero-order valence-electron chi connectivity index (χ0n) is 15.5. The minimum Gasteiger partial charge on any atom is -0.444 e. The fourth-order valence-electron chi connectivity index (χ4n) is 2.95. The summed E-state index contributed by atoms with van der Waals surface area (Å²) >= 11 is 0. The van der Waals surface area contributed by atoms with Gasteiger partial charge in [0.15, 0.2) is 0 Å². The number of likely N-dealkylation sites (tertiary alicyclic amines) is 1. The van der Waals surface area contributed by atoms with Gasteiger partial charge in [0.1, 0.15) is 12.2 Å². The van der Waals surface area contributed by atoms with Crippen LogP contribution in [0.4, 0.5) is 4.79 Å². The number of aromatic amines is 1. The van der Waals surface area contributed by atoms with E-state index in [1.807, 2.05) is 20.8 Å². The summed E-state index contributed by atoms with van der Waals surface area (Å²) in [6, 6.07) is 3.56. The second-order valence-corrected chi connectivity index (χ2v) is 7.61. The van der Waals surface area contributed by atoms with Crippen LogP contribution in [-0.2, 0) is 9.47 Å². The first-order chi connectivity index (χ1) is 11.8. The average Bonchev–Trinajstić information content (AvgIpc) is 3.08. The Bertz CT molecular complexity index is 540. The molecule has 25 heavy (non-hydrogen) atoms. The van der Waals surface area contributed by atoms with Gasteiger partial charge in [0, 0.05) is 25.9 Å². The molecule has 140 valence electrons. The van der Waals surface area contributed by atoms with Gasteiger partial charge in [-0.2, -0.15) is 0 Å². The van der Waals surface area contributed by atoms with E-state index in [1.54, 1.807) is 23.2 Å². The number of hydrogen-bond donors (Lipinski definition) is 1. The van der Waals surface area contributed by atoms with Gasteiger partial charge in [-0.1, -0.05) is 0 Å². The summed E-state index contributed by atoms with van der Waals surface area (Å²) in [6.07, 6.45) is 5.53. The summed E-state index contributed by atoms with van der Waals surface area (Å²) in [5, 5.41) is 0. The van der Waals surface area contributed by atoms with E-state index in [2.05, 4.69) is 4.98 Å². The van der Waals surface area contributed by atoms with E-state index in [9.17, 15) is 9.59 Å². The van der Waals surface area contributed by atoms with Gasteiger partial charge in [-0.15, -0.1) is 0 Å². The van der Waals surface area contributed by atoms with Crippen LogP contribution in [0.25, 0.3) is 0 Å². The molecule has 1 aliphatic heterocycles. The minimum absolute atomic E-state index is 0.0179. The van der Waals surface area contributed by atoms with Crippen molar-refractivity contribution in [2.45, 2.75) is 52.1 Å². The van der Waals surface area contributed by atoms with E-state index in [0.29, 0.717) is 18.2 Å². The van der Waals surface area contributed by atoms with Crippen molar-refractivity contribution >= 4 is 11.9 Å². The first-order valence-corrected chi connectivity index (χ1v) is 9.07. The molecule has 0 unspecified atom stereocenters. The van der Waals surface area contributed by atoms with Crippen LogP contribution in [0.5, 0.6) is 0 Å². The third-order valence-corrected chi connectivity index (χ3v) is 4.30. The standard InChI is InChI=1S/C19H30N2O4/c1-19(2,3)25-18(23)21-11-8-15(9-12-21)6-5-13-24-14-17(22)16-7-4-10-20-16/h4,7,10,15,20H,5-6,8-9,11-14H2,1-3H3. The lowest BCUT2D eigenvalue weighted by Crippen LogP contribution is -2.41. The molecule has 0 aliphatic carbocycles.